The van der Waals surface area contributed by atoms with Crippen molar-refractivity contribution < 1.29 is 18.0 Å². The topological polar surface area (TPSA) is 86.8 Å². The molecule has 1 aliphatic heterocycles. The van der Waals surface area contributed by atoms with E-state index in [1.165, 1.54) is 4.31 Å². The van der Waals surface area contributed by atoms with Crippen LogP contribution in [0.4, 0.5) is 0 Å². The molecular weight excluding hydrogens is 462 g/mol. The standard InChI is InChI=1S/C24H30ClN3O4S/c1-17(2)22(26-23(29)20-7-4-5-8-21(20)25)24(30)27-13-6-14-28(16-15-27)33(31,32)19-11-9-18(3)10-12-19/h4-5,7-12,17,22H,6,13-16H2,1-3H3,(H,26,29). The molecule has 1 aliphatic rings. The van der Waals surface area contributed by atoms with Gasteiger partial charge in [-0.1, -0.05) is 55.3 Å². The number of nitrogens with one attached hydrogen (secondary N) is 1. The highest BCUT2D eigenvalue weighted by atomic mass is 35.5. The van der Waals surface area contributed by atoms with E-state index >= 15 is 0 Å². The Bertz CT molecular complexity index is 1100. The average molecular weight is 492 g/mol. The highest BCUT2D eigenvalue weighted by Gasteiger charge is 2.33. The van der Waals surface area contributed by atoms with Crippen molar-refractivity contribution in [1.29, 1.82) is 0 Å². The van der Waals surface area contributed by atoms with Crippen molar-refractivity contribution in [2.75, 3.05) is 26.2 Å². The van der Waals surface area contributed by atoms with Crippen LogP contribution >= 0.6 is 11.6 Å². The number of amides is 2. The largest absolute Gasteiger partial charge is 0.340 e. The van der Waals surface area contributed by atoms with Crippen LogP contribution < -0.4 is 5.32 Å². The number of hydrogen-bond acceptors (Lipinski definition) is 4. The first-order valence-electron chi connectivity index (χ1n) is 11.0. The Morgan fingerprint density at radius 1 is 0.970 bits per heavy atom. The maximum Gasteiger partial charge on any atom is 0.253 e. The summed E-state index contributed by atoms with van der Waals surface area (Å²) in [5, 5.41) is 3.13. The molecule has 0 radical (unpaired) electrons. The van der Waals surface area contributed by atoms with Gasteiger partial charge in [-0.2, -0.15) is 4.31 Å². The number of benzene rings is 2. The predicted molar refractivity (Wildman–Crippen MR) is 129 cm³/mol. The lowest BCUT2D eigenvalue weighted by Crippen LogP contribution is -2.52. The zero-order valence-electron chi connectivity index (χ0n) is 19.1. The lowest BCUT2D eigenvalue weighted by Gasteiger charge is -2.29. The van der Waals surface area contributed by atoms with Gasteiger partial charge in [-0.3, -0.25) is 9.59 Å². The molecule has 0 saturated carbocycles. The zero-order chi connectivity index (χ0) is 24.2. The smallest absolute Gasteiger partial charge is 0.253 e. The Balaban J connectivity index is 1.71. The number of rotatable bonds is 6. The van der Waals surface area contributed by atoms with E-state index in [1.807, 2.05) is 20.8 Å². The van der Waals surface area contributed by atoms with Crippen LogP contribution in [0.2, 0.25) is 5.02 Å². The van der Waals surface area contributed by atoms with Gasteiger partial charge in [0.15, 0.2) is 0 Å². The molecule has 2 amide bonds. The fourth-order valence-electron chi connectivity index (χ4n) is 3.79. The Labute approximate surface area is 200 Å². The van der Waals surface area contributed by atoms with E-state index in [0.29, 0.717) is 30.1 Å². The van der Waals surface area contributed by atoms with Crippen LogP contribution in [0.1, 0.15) is 36.2 Å². The summed E-state index contributed by atoms with van der Waals surface area (Å²) < 4.78 is 27.5. The van der Waals surface area contributed by atoms with Crippen molar-refractivity contribution in [3.63, 3.8) is 0 Å². The first kappa shape index (κ1) is 25.2. The van der Waals surface area contributed by atoms with E-state index < -0.39 is 22.0 Å². The zero-order valence-corrected chi connectivity index (χ0v) is 20.7. The molecular formula is C24H30ClN3O4S. The monoisotopic (exact) mass is 491 g/mol. The molecule has 2 aromatic rings. The van der Waals surface area contributed by atoms with Crippen molar-refractivity contribution in [3.8, 4) is 0 Å². The van der Waals surface area contributed by atoms with Crippen LogP contribution in [0.15, 0.2) is 53.4 Å². The van der Waals surface area contributed by atoms with E-state index in [-0.39, 0.29) is 29.8 Å². The molecule has 7 nitrogen and oxygen atoms in total. The summed E-state index contributed by atoms with van der Waals surface area (Å²) in [6.45, 7) is 6.84. The molecule has 1 atom stereocenters. The molecule has 1 fully saturated rings. The van der Waals surface area contributed by atoms with Gasteiger partial charge in [-0.15, -0.1) is 0 Å². The minimum Gasteiger partial charge on any atom is -0.340 e. The van der Waals surface area contributed by atoms with Crippen LogP contribution in [-0.2, 0) is 14.8 Å². The van der Waals surface area contributed by atoms with E-state index in [4.69, 9.17) is 11.6 Å². The average Bonchev–Trinajstić information content (AvgIpc) is 3.04. The summed E-state index contributed by atoms with van der Waals surface area (Å²) in [4.78, 5) is 28.0. The number of sulfonamides is 1. The van der Waals surface area contributed by atoms with Gasteiger partial charge in [0.1, 0.15) is 6.04 Å². The number of halogens is 1. The van der Waals surface area contributed by atoms with E-state index in [1.54, 1.807) is 53.4 Å². The van der Waals surface area contributed by atoms with Gasteiger partial charge in [0.2, 0.25) is 15.9 Å². The lowest BCUT2D eigenvalue weighted by atomic mass is 10.0. The quantitative estimate of drug-likeness (QED) is 0.671. The maximum atomic E-state index is 13.3. The Kier molecular flexibility index (Phi) is 8.15. The second-order valence-corrected chi connectivity index (χ2v) is 10.9. The molecule has 3 rings (SSSR count). The van der Waals surface area contributed by atoms with E-state index in [0.717, 1.165) is 5.56 Å². The van der Waals surface area contributed by atoms with E-state index in [2.05, 4.69) is 5.32 Å². The third-order valence-corrected chi connectivity index (χ3v) is 8.01. The minimum atomic E-state index is -3.64. The van der Waals surface area contributed by atoms with Gasteiger partial charge < -0.3 is 10.2 Å². The predicted octanol–water partition coefficient (Wildman–Crippen LogP) is 3.33. The molecule has 1 N–H and O–H groups in total. The summed E-state index contributed by atoms with van der Waals surface area (Å²) >= 11 is 6.13. The minimum absolute atomic E-state index is 0.153. The van der Waals surface area contributed by atoms with Crippen LogP contribution in [0, 0.1) is 12.8 Å². The highest BCUT2D eigenvalue weighted by molar-refractivity contribution is 7.89. The van der Waals surface area contributed by atoms with Crippen LogP contribution in [-0.4, -0.2) is 61.7 Å². The fourth-order valence-corrected chi connectivity index (χ4v) is 5.48. The molecule has 1 saturated heterocycles. The van der Waals surface area contributed by atoms with Gasteiger partial charge in [0.05, 0.1) is 15.5 Å². The van der Waals surface area contributed by atoms with Gasteiger partial charge in [0.25, 0.3) is 5.91 Å². The number of hydrogen-bond donors (Lipinski definition) is 1. The van der Waals surface area contributed by atoms with Crippen LogP contribution in [0.3, 0.4) is 0 Å². The highest BCUT2D eigenvalue weighted by Crippen LogP contribution is 2.20. The summed E-state index contributed by atoms with van der Waals surface area (Å²) in [5.74, 6) is -0.786. The van der Waals surface area contributed by atoms with Crippen molar-refractivity contribution in [2.24, 2.45) is 5.92 Å². The molecule has 1 heterocycles. The first-order valence-corrected chi connectivity index (χ1v) is 12.8. The van der Waals surface area contributed by atoms with Gasteiger partial charge in [-0.25, -0.2) is 8.42 Å². The molecule has 0 aromatic heterocycles. The number of carbonyl (C=O) groups is 2. The maximum absolute atomic E-state index is 13.3. The number of carbonyl (C=O) groups excluding carboxylic acids is 2. The second kappa shape index (κ2) is 10.7. The fraction of sp³-hybridized carbons (Fsp3) is 0.417. The molecule has 0 spiro atoms. The lowest BCUT2D eigenvalue weighted by molar-refractivity contribution is -0.134. The van der Waals surface area contributed by atoms with Crippen LogP contribution in [0.25, 0.3) is 0 Å². The van der Waals surface area contributed by atoms with Gasteiger partial charge >= 0.3 is 0 Å². The first-order chi connectivity index (χ1) is 15.6. The normalized spacial score (nSPS) is 16.3. The Hall–Kier alpha value is -2.42. The van der Waals surface area contributed by atoms with Crippen molar-refractivity contribution in [1.82, 2.24) is 14.5 Å². The van der Waals surface area contributed by atoms with Crippen LogP contribution in [0.5, 0.6) is 0 Å². The molecule has 33 heavy (non-hydrogen) atoms. The second-order valence-electron chi connectivity index (χ2n) is 8.57. The third kappa shape index (κ3) is 5.93. The van der Waals surface area contributed by atoms with Crippen molar-refractivity contribution in [2.45, 2.75) is 38.1 Å². The summed E-state index contributed by atoms with van der Waals surface area (Å²) in [6.07, 6.45) is 0.514. The SMILES string of the molecule is Cc1ccc(S(=O)(=O)N2CCCN(C(=O)C(NC(=O)c3ccccc3Cl)C(C)C)CC2)cc1. The molecule has 0 aliphatic carbocycles. The molecule has 9 heteroatoms. The van der Waals surface area contributed by atoms with Gasteiger partial charge in [-0.05, 0) is 43.5 Å². The molecule has 178 valence electrons. The van der Waals surface area contributed by atoms with Crippen molar-refractivity contribution >= 4 is 33.4 Å². The van der Waals surface area contributed by atoms with Gasteiger partial charge in [0, 0.05) is 26.2 Å². The Morgan fingerprint density at radius 2 is 1.64 bits per heavy atom. The number of aryl methyl sites for hydroxylation is 1. The summed E-state index contributed by atoms with van der Waals surface area (Å²) in [5.41, 5.74) is 1.30. The summed E-state index contributed by atoms with van der Waals surface area (Å²) in [6, 6.07) is 12.7. The molecule has 2 aromatic carbocycles. The summed E-state index contributed by atoms with van der Waals surface area (Å²) in [7, 11) is -3.64. The number of nitrogens with zero attached hydrogens (tertiary/aromatic N) is 2. The molecule has 0 bridgehead atoms. The molecule has 1 unspecified atom stereocenters. The third-order valence-electron chi connectivity index (χ3n) is 5.76. The van der Waals surface area contributed by atoms with Crippen molar-refractivity contribution in [3.05, 3.63) is 64.7 Å². The Morgan fingerprint density at radius 3 is 2.27 bits per heavy atom. The van der Waals surface area contributed by atoms with E-state index in [9.17, 15) is 18.0 Å².